The van der Waals surface area contributed by atoms with Gasteiger partial charge in [0.05, 0.1) is 6.20 Å². The molecule has 0 saturated heterocycles. The number of nitrogens with zero attached hydrogens (tertiary/aromatic N) is 4. The van der Waals surface area contributed by atoms with Crippen molar-refractivity contribution in [3.05, 3.63) is 78.3 Å². The molecule has 7 nitrogen and oxygen atoms in total. The van der Waals surface area contributed by atoms with Crippen LogP contribution in [0.4, 0.5) is 11.6 Å². The first-order chi connectivity index (χ1) is 12.2. The lowest BCUT2D eigenvalue weighted by atomic mass is 10.1. The van der Waals surface area contributed by atoms with Gasteiger partial charge in [-0.2, -0.15) is 0 Å². The highest BCUT2D eigenvalue weighted by atomic mass is 16.5. The van der Waals surface area contributed by atoms with Crippen LogP contribution in [0.25, 0.3) is 22.2 Å². The Morgan fingerprint density at radius 2 is 1.76 bits per heavy atom. The molecule has 0 aliphatic heterocycles. The molecule has 0 radical (unpaired) electrons. The number of nitrogens with one attached hydrogen (secondary N) is 1. The summed E-state index contributed by atoms with van der Waals surface area (Å²) in [4.78, 5) is 4.67. The Kier molecular flexibility index (Phi) is 3.59. The van der Waals surface area contributed by atoms with E-state index in [4.69, 9.17) is 0 Å². The van der Waals surface area contributed by atoms with Crippen LogP contribution >= 0.6 is 0 Å². The molecule has 0 aliphatic carbocycles. The number of benzene rings is 2. The van der Waals surface area contributed by atoms with Crippen LogP contribution < -0.4 is 14.9 Å². The topological polar surface area (TPSA) is 88.9 Å². The van der Waals surface area contributed by atoms with E-state index < -0.39 is 0 Å². The lowest BCUT2D eigenvalue weighted by molar-refractivity contribution is -0.933. The summed E-state index contributed by atoms with van der Waals surface area (Å²) < 4.78 is 0.654. The van der Waals surface area contributed by atoms with Crippen LogP contribution in [0.2, 0.25) is 0 Å². The van der Waals surface area contributed by atoms with Crippen LogP contribution in [-0.2, 0) is 0 Å². The molecule has 0 atom stereocenters. The number of pyridine rings is 1. The first-order valence-corrected chi connectivity index (χ1v) is 7.64. The van der Waals surface area contributed by atoms with Gasteiger partial charge in [0.1, 0.15) is 5.69 Å². The Bertz CT molecular complexity index is 1040. The maximum absolute atomic E-state index is 12.7. The molecular formula is C18H14N5O2+. The molecular weight excluding hydrogens is 318 g/mol. The maximum Gasteiger partial charge on any atom is 0.469 e. The van der Waals surface area contributed by atoms with E-state index >= 15 is 0 Å². The van der Waals surface area contributed by atoms with Crippen molar-refractivity contribution < 1.29 is 14.8 Å². The van der Waals surface area contributed by atoms with Gasteiger partial charge in [0.25, 0.3) is 0 Å². The average Bonchev–Trinajstić information content (AvgIpc) is 2.67. The van der Waals surface area contributed by atoms with Crippen LogP contribution in [0.15, 0.2) is 73.1 Å². The van der Waals surface area contributed by atoms with Crippen molar-refractivity contribution in [2.24, 2.45) is 0 Å². The third-order valence-electron chi connectivity index (χ3n) is 3.82. The van der Waals surface area contributed by atoms with Gasteiger partial charge >= 0.3 is 11.5 Å². The molecule has 2 aromatic carbocycles. The molecule has 25 heavy (non-hydrogen) atoms. The molecule has 2 aromatic heterocycles. The van der Waals surface area contributed by atoms with E-state index in [0.717, 1.165) is 11.1 Å². The van der Waals surface area contributed by atoms with Gasteiger partial charge in [-0.15, -0.1) is 0 Å². The van der Waals surface area contributed by atoms with Crippen molar-refractivity contribution >= 4 is 22.7 Å². The minimum atomic E-state index is -0.0480. The molecule has 0 spiro atoms. The van der Waals surface area contributed by atoms with E-state index in [2.05, 4.69) is 15.4 Å². The Balaban J connectivity index is 1.85. The summed E-state index contributed by atoms with van der Waals surface area (Å²) in [5.74, 6) is -0.0480. The fraction of sp³-hybridized carbons (Fsp3) is 0. The van der Waals surface area contributed by atoms with E-state index in [1.165, 1.54) is 0 Å². The predicted molar refractivity (Wildman–Crippen MR) is 91.0 cm³/mol. The van der Waals surface area contributed by atoms with E-state index in [-0.39, 0.29) is 5.95 Å². The number of anilines is 2. The third-order valence-corrected chi connectivity index (χ3v) is 3.82. The van der Waals surface area contributed by atoms with Gasteiger partial charge in [0.2, 0.25) is 9.94 Å². The lowest BCUT2D eigenvalue weighted by Crippen LogP contribution is -2.45. The SMILES string of the molecule is [O-][n+]1c(Nc2cccnc2)n[n+](O)c2ccc(-c3ccccc3)cc21. The van der Waals surface area contributed by atoms with Crippen LogP contribution in [0.3, 0.4) is 0 Å². The van der Waals surface area contributed by atoms with Gasteiger partial charge in [0, 0.05) is 12.3 Å². The average molecular weight is 332 g/mol. The maximum atomic E-state index is 12.7. The molecule has 0 bridgehead atoms. The monoisotopic (exact) mass is 332 g/mol. The summed E-state index contributed by atoms with van der Waals surface area (Å²) in [6, 6.07) is 18.4. The summed E-state index contributed by atoms with van der Waals surface area (Å²) in [5.41, 5.74) is 3.05. The molecule has 2 N–H and O–H groups in total. The minimum Gasteiger partial charge on any atom is -0.739 e. The molecule has 0 amide bonds. The van der Waals surface area contributed by atoms with Crippen LogP contribution in [0.1, 0.15) is 0 Å². The second-order valence-corrected chi connectivity index (χ2v) is 5.44. The molecule has 0 saturated carbocycles. The van der Waals surface area contributed by atoms with Crippen molar-refractivity contribution in [2.75, 3.05) is 5.32 Å². The summed E-state index contributed by atoms with van der Waals surface area (Å²) in [6.45, 7) is 0. The molecule has 4 rings (SSSR count). The molecule has 7 heteroatoms. The highest BCUT2D eigenvalue weighted by Crippen LogP contribution is 2.21. The van der Waals surface area contributed by atoms with Crippen molar-refractivity contribution in [2.45, 2.75) is 0 Å². The number of hydrogen-bond donors (Lipinski definition) is 2. The van der Waals surface area contributed by atoms with E-state index in [1.807, 2.05) is 36.4 Å². The van der Waals surface area contributed by atoms with Crippen molar-refractivity contribution in [3.63, 3.8) is 0 Å². The highest BCUT2D eigenvalue weighted by Gasteiger charge is 2.24. The van der Waals surface area contributed by atoms with Crippen LogP contribution in [-0.4, -0.2) is 15.3 Å². The Labute approximate surface area is 143 Å². The van der Waals surface area contributed by atoms with Crippen LogP contribution in [0, 0.1) is 5.21 Å². The fourth-order valence-corrected chi connectivity index (χ4v) is 2.61. The number of aromatic nitrogens is 4. The zero-order valence-corrected chi connectivity index (χ0v) is 13.1. The third kappa shape index (κ3) is 2.78. The summed E-state index contributed by atoms with van der Waals surface area (Å²) >= 11 is 0. The normalized spacial score (nSPS) is 10.7. The van der Waals surface area contributed by atoms with E-state index in [0.29, 0.717) is 26.3 Å². The molecule has 4 aromatic rings. The van der Waals surface area contributed by atoms with E-state index in [9.17, 15) is 10.4 Å². The first kappa shape index (κ1) is 14.8. The van der Waals surface area contributed by atoms with Gasteiger partial charge in [-0.25, -0.2) is 15.3 Å². The zero-order valence-electron chi connectivity index (χ0n) is 13.1. The van der Waals surface area contributed by atoms with Crippen molar-refractivity contribution in [1.29, 1.82) is 0 Å². The van der Waals surface area contributed by atoms with E-state index in [1.54, 1.807) is 36.7 Å². The summed E-state index contributed by atoms with van der Waals surface area (Å²) in [5, 5.41) is 29.6. The number of rotatable bonds is 3. The molecule has 122 valence electrons. The first-order valence-electron chi connectivity index (χ1n) is 7.64. The smallest absolute Gasteiger partial charge is 0.469 e. The van der Waals surface area contributed by atoms with Gasteiger partial charge in [-0.3, -0.25) is 4.98 Å². The Hall–Kier alpha value is -3.74. The molecule has 0 unspecified atom stereocenters. The standard InChI is InChI=1S/C18H14N5O2/c24-22-17-11-14(13-5-2-1-3-6-13)8-9-16(17)23(25)21-18(22)20-15-7-4-10-19-12-15/h1-12H,(H2,20,21,25)/q+1. The second kappa shape index (κ2) is 6.04. The van der Waals surface area contributed by atoms with Gasteiger partial charge in [0.15, 0.2) is 5.52 Å². The highest BCUT2D eigenvalue weighted by molar-refractivity contribution is 5.77. The fourth-order valence-electron chi connectivity index (χ4n) is 2.61. The molecule has 0 aliphatic rings. The Morgan fingerprint density at radius 1 is 0.920 bits per heavy atom. The summed E-state index contributed by atoms with van der Waals surface area (Å²) in [7, 11) is 0. The zero-order chi connectivity index (χ0) is 17.2. The summed E-state index contributed by atoms with van der Waals surface area (Å²) in [6.07, 6.45) is 3.19. The Morgan fingerprint density at radius 3 is 2.52 bits per heavy atom. The van der Waals surface area contributed by atoms with Crippen LogP contribution in [0.5, 0.6) is 0 Å². The van der Waals surface area contributed by atoms with Crippen molar-refractivity contribution in [3.8, 4) is 11.1 Å². The van der Waals surface area contributed by atoms with Gasteiger partial charge < -0.3 is 5.21 Å². The van der Waals surface area contributed by atoms with Crippen molar-refractivity contribution in [1.82, 2.24) is 10.1 Å². The predicted octanol–water partition coefficient (Wildman–Crippen LogP) is 2.20. The quantitative estimate of drug-likeness (QED) is 0.341. The van der Waals surface area contributed by atoms with Gasteiger partial charge in [-0.05, 0) is 35.4 Å². The second-order valence-electron chi connectivity index (χ2n) is 5.44. The minimum absolute atomic E-state index is 0.0480. The largest absolute Gasteiger partial charge is 0.739 e. The molecule has 2 heterocycles. The number of fused-ring (bicyclic) bond motifs is 1. The number of hydrogen-bond acceptors (Lipinski definition) is 5. The van der Waals surface area contributed by atoms with Gasteiger partial charge in [-0.1, -0.05) is 30.3 Å². The lowest BCUT2D eigenvalue weighted by Gasteiger charge is -2.09. The molecule has 0 fully saturated rings.